The fourth-order valence-corrected chi connectivity index (χ4v) is 2.15. The van der Waals surface area contributed by atoms with Gasteiger partial charge in [0.2, 0.25) is 0 Å². The van der Waals surface area contributed by atoms with Crippen molar-refractivity contribution >= 4 is 12.0 Å². The highest BCUT2D eigenvalue weighted by molar-refractivity contribution is 5.78. The molecular weight excluding hydrogens is 272 g/mol. The maximum atomic E-state index is 12.2. The minimum absolute atomic E-state index is 0.128. The van der Waals surface area contributed by atoms with Crippen molar-refractivity contribution in [2.24, 2.45) is 5.41 Å². The molecule has 1 rings (SSSR count). The Morgan fingerprint density at radius 3 is 2.43 bits per heavy atom. The second kappa shape index (κ2) is 7.71. The smallest absolute Gasteiger partial charge is 0.317 e. The van der Waals surface area contributed by atoms with Crippen molar-refractivity contribution in [1.29, 1.82) is 0 Å². The van der Waals surface area contributed by atoms with Gasteiger partial charge in [-0.2, -0.15) is 0 Å². The Kier molecular flexibility index (Phi) is 6.27. The summed E-state index contributed by atoms with van der Waals surface area (Å²) in [6.07, 6.45) is 2.51. The highest BCUT2D eigenvalue weighted by Crippen LogP contribution is 2.25. The zero-order valence-corrected chi connectivity index (χ0v) is 12.9. The van der Waals surface area contributed by atoms with E-state index in [2.05, 4.69) is 5.32 Å². The van der Waals surface area contributed by atoms with Gasteiger partial charge in [-0.25, -0.2) is 4.79 Å². The topological polar surface area (TPSA) is 82.8 Å². The van der Waals surface area contributed by atoms with Crippen LogP contribution in [0, 0.1) is 5.41 Å². The Hall–Kier alpha value is -1.98. The molecule has 0 spiro atoms. The molecule has 0 aliphatic rings. The summed E-state index contributed by atoms with van der Waals surface area (Å²) in [5.41, 5.74) is -0.903. The second-order valence-corrected chi connectivity index (χ2v) is 5.04. The molecule has 1 heterocycles. The molecule has 2 N–H and O–H groups in total. The average molecular weight is 296 g/mol. The van der Waals surface area contributed by atoms with E-state index < -0.39 is 11.4 Å². The Labute approximate surface area is 125 Å². The quantitative estimate of drug-likeness (QED) is 0.772. The average Bonchev–Trinajstić information content (AvgIpc) is 2.98. The van der Waals surface area contributed by atoms with Crippen LogP contribution in [0.3, 0.4) is 0 Å². The molecule has 21 heavy (non-hydrogen) atoms. The summed E-state index contributed by atoms with van der Waals surface area (Å²) in [6, 6.07) is 3.29. The summed E-state index contributed by atoms with van der Waals surface area (Å²) in [7, 11) is 0. The fraction of sp³-hybridized carbons (Fsp3) is 0.600. The predicted molar refractivity (Wildman–Crippen MR) is 78.8 cm³/mol. The third-order valence-corrected chi connectivity index (χ3v) is 3.98. The normalized spacial score (nSPS) is 11.2. The second-order valence-electron chi connectivity index (χ2n) is 5.04. The maximum Gasteiger partial charge on any atom is 0.317 e. The molecule has 0 aliphatic heterocycles. The molecule has 0 saturated heterocycles. The van der Waals surface area contributed by atoms with E-state index in [1.165, 1.54) is 0 Å². The van der Waals surface area contributed by atoms with E-state index in [1.54, 1.807) is 23.3 Å². The third-order valence-electron chi connectivity index (χ3n) is 3.98. The van der Waals surface area contributed by atoms with Crippen LogP contribution in [0.25, 0.3) is 0 Å². The fourth-order valence-electron chi connectivity index (χ4n) is 2.15. The van der Waals surface area contributed by atoms with Crippen LogP contribution in [0.1, 0.15) is 39.4 Å². The van der Waals surface area contributed by atoms with E-state index in [4.69, 9.17) is 4.42 Å². The van der Waals surface area contributed by atoms with Crippen molar-refractivity contribution in [3.8, 4) is 0 Å². The zero-order chi connectivity index (χ0) is 15.9. The summed E-state index contributed by atoms with van der Waals surface area (Å²) in [5.74, 6) is -0.177. The number of nitrogens with one attached hydrogen (secondary N) is 1. The number of nitrogens with zero attached hydrogens (tertiary/aromatic N) is 1. The molecule has 6 heteroatoms. The number of carboxylic acid groups (broad SMARTS) is 1. The Balaban J connectivity index is 2.63. The number of carbonyl (C=O) groups excluding carboxylic acids is 1. The largest absolute Gasteiger partial charge is 0.481 e. The number of rotatable bonds is 8. The summed E-state index contributed by atoms with van der Waals surface area (Å²) in [4.78, 5) is 25.2. The molecule has 0 bridgehead atoms. The van der Waals surface area contributed by atoms with Crippen LogP contribution in [0.5, 0.6) is 0 Å². The lowest BCUT2D eigenvalue weighted by Crippen LogP contribution is -2.47. The van der Waals surface area contributed by atoms with Gasteiger partial charge in [-0.05, 0) is 31.9 Å². The van der Waals surface area contributed by atoms with Gasteiger partial charge < -0.3 is 19.7 Å². The Bertz CT molecular complexity index is 452. The van der Waals surface area contributed by atoms with E-state index in [-0.39, 0.29) is 12.6 Å². The van der Waals surface area contributed by atoms with Gasteiger partial charge in [-0.15, -0.1) is 0 Å². The van der Waals surface area contributed by atoms with Crippen LogP contribution in [0.2, 0.25) is 0 Å². The summed E-state index contributed by atoms with van der Waals surface area (Å²) in [6.45, 7) is 6.53. The van der Waals surface area contributed by atoms with Gasteiger partial charge in [0.1, 0.15) is 5.76 Å². The minimum Gasteiger partial charge on any atom is -0.481 e. The first-order valence-corrected chi connectivity index (χ1v) is 7.27. The highest BCUT2D eigenvalue weighted by Gasteiger charge is 2.35. The van der Waals surface area contributed by atoms with Crippen LogP contribution in [0.4, 0.5) is 4.79 Å². The molecule has 1 aromatic rings. The predicted octanol–water partition coefficient (Wildman–Crippen LogP) is 2.70. The van der Waals surface area contributed by atoms with Gasteiger partial charge in [-0.1, -0.05) is 13.8 Å². The molecule has 0 aliphatic carbocycles. The van der Waals surface area contributed by atoms with Crippen molar-refractivity contribution in [2.75, 3.05) is 13.1 Å². The molecule has 0 atom stereocenters. The molecule has 0 unspecified atom stereocenters. The maximum absolute atomic E-state index is 12.2. The lowest BCUT2D eigenvalue weighted by Gasteiger charge is -2.28. The number of carboxylic acids is 1. The molecule has 0 radical (unpaired) electrons. The molecule has 6 nitrogen and oxygen atoms in total. The number of amides is 2. The minimum atomic E-state index is -0.903. The molecule has 118 valence electrons. The van der Waals surface area contributed by atoms with E-state index in [1.807, 2.05) is 20.8 Å². The van der Waals surface area contributed by atoms with Gasteiger partial charge >= 0.3 is 12.0 Å². The molecule has 1 aromatic heterocycles. The van der Waals surface area contributed by atoms with Crippen molar-refractivity contribution < 1.29 is 19.1 Å². The first-order valence-electron chi connectivity index (χ1n) is 7.27. The van der Waals surface area contributed by atoms with Crippen LogP contribution in [0.15, 0.2) is 22.8 Å². The standard InChI is InChI=1S/C15H24N2O4/c1-4-15(5-2,13(18)19)11-16-14(20)17(6-3)10-12-8-7-9-21-12/h7-9H,4-6,10-11H2,1-3H3,(H,16,20)(H,18,19). The van der Waals surface area contributed by atoms with Crippen molar-refractivity contribution in [2.45, 2.75) is 40.2 Å². The van der Waals surface area contributed by atoms with Gasteiger partial charge in [-0.3, -0.25) is 4.79 Å². The number of hydrogen-bond acceptors (Lipinski definition) is 3. The van der Waals surface area contributed by atoms with Crippen LogP contribution in [-0.4, -0.2) is 35.1 Å². The van der Waals surface area contributed by atoms with Gasteiger partial charge in [0, 0.05) is 13.1 Å². The molecule has 0 aromatic carbocycles. The number of aliphatic carboxylic acids is 1. The third kappa shape index (κ3) is 4.24. The van der Waals surface area contributed by atoms with Gasteiger partial charge in [0.15, 0.2) is 0 Å². The molecule has 2 amide bonds. The van der Waals surface area contributed by atoms with Gasteiger partial charge in [0.05, 0.1) is 18.2 Å². The van der Waals surface area contributed by atoms with Crippen molar-refractivity contribution in [3.05, 3.63) is 24.2 Å². The highest BCUT2D eigenvalue weighted by atomic mass is 16.4. The molecule has 0 saturated carbocycles. The van der Waals surface area contributed by atoms with Crippen LogP contribution >= 0.6 is 0 Å². The SMILES string of the molecule is CCN(Cc1ccco1)C(=O)NCC(CC)(CC)C(=O)O. The number of furan rings is 1. The Morgan fingerprint density at radius 1 is 1.33 bits per heavy atom. The number of carbonyl (C=O) groups is 2. The van der Waals surface area contributed by atoms with Crippen molar-refractivity contribution in [3.63, 3.8) is 0 Å². The Morgan fingerprint density at radius 2 is 2.00 bits per heavy atom. The summed E-state index contributed by atoms with van der Waals surface area (Å²) >= 11 is 0. The van der Waals surface area contributed by atoms with Crippen LogP contribution in [-0.2, 0) is 11.3 Å². The monoisotopic (exact) mass is 296 g/mol. The van der Waals surface area contributed by atoms with E-state index in [0.29, 0.717) is 31.7 Å². The summed E-state index contributed by atoms with van der Waals surface area (Å²) < 4.78 is 5.23. The number of hydrogen-bond donors (Lipinski definition) is 2. The van der Waals surface area contributed by atoms with Crippen LogP contribution < -0.4 is 5.32 Å². The first-order chi connectivity index (χ1) is 9.99. The van der Waals surface area contributed by atoms with Gasteiger partial charge in [0.25, 0.3) is 0 Å². The van der Waals surface area contributed by atoms with Crippen molar-refractivity contribution in [1.82, 2.24) is 10.2 Å². The van der Waals surface area contributed by atoms with E-state index >= 15 is 0 Å². The molecule has 0 fully saturated rings. The number of urea groups is 1. The van der Waals surface area contributed by atoms with E-state index in [0.717, 1.165) is 0 Å². The lowest BCUT2D eigenvalue weighted by molar-refractivity contribution is -0.149. The summed E-state index contributed by atoms with van der Waals surface area (Å²) in [5, 5.41) is 12.1. The zero-order valence-electron chi connectivity index (χ0n) is 12.9. The first kappa shape index (κ1) is 17.1. The van der Waals surface area contributed by atoms with E-state index in [9.17, 15) is 14.7 Å². The molecular formula is C15H24N2O4. The lowest BCUT2D eigenvalue weighted by atomic mass is 9.82.